The van der Waals surface area contributed by atoms with Crippen LogP contribution in [0.4, 0.5) is 0 Å². The summed E-state index contributed by atoms with van der Waals surface area (Å²) in [5.41, 5.74) is 13.2. The third-order valence-corrected chi connectivity index (χ3v) is 19.7. The minimum atomic E-state index is -3.29. The van der Waals surface area contributed by atoms with Crippen LogP contribution in [-0.4, -0.2) is 99.9 Å². The van der Waals surface area contributed by atoms with E-state index in [4.69, 9.17) is 42.3 Å². The van der Waals surface area contributed by atoms with E-state index in [9.17, 15) is 20.2 Å². The molecule has 0 aromatic heterocycles. The molecule has 15 nitrogen and oxygen atoms in total. The highest BCUT2D eigenvalue weighted by atomic mass is 79.9. The molecule has 10 atom stereocenters. The molecule has 0 amide bonds. The van der Waals surface area contributed by atoms with Crippen LogP contribution in [0, 0.1) is 0 Å². The summed E-state index contributed by atoms with van der Waals surface area (Å²) in [4.78, 5) is 29.8. The fraction of sp³-hybridized carbons (Fsp3) is 0.323. The van der Waals surface area contributed by atoms with Gasteiger partial charge in [-0.2, -0.15) is 0 Å². The predicted octanol–water partition coefficient (Wildman–Crippen LogP) is 10.5. The number of ether oxygens (including phenoxy) is 8. The number of azide groups is 1. The molecule has 17 heteroatoms. The van der Waals surface area contributed by atoms with Crippen molar-refractivity contribution in [2.24, 2.45) is 5.11 Å². The van der Waals surface area contributed by atoms with Gasteiger partial charge in [0.25, 0.3) is 8.32 Å². The van der Waals surface area contributed by atoms with Crippen LogP contribution < -0.4 is 10.4 Å². The Labute approximate surface area is 469 Å². The maximum absolute atomic E-state index is 13.9. The van der Waals surface area contributed by atoms with E-state index < -0.39 is 93.3 Å². The monoisotopic (exact) mass is 1150 g/mol. The van der Waals surface area contributed by atoms with E-state index in [2.05, 4.69) is 77.1 Å². The molecule has 0 bridgehead atoms. The molecule has 410 valence electrons. The van der Waals surface area contributed by atoms with Crippen molar-refractivity contribution in [3.63, 3.8) is 0 Å². The standard InChI is InChI=1S/C62H64BrN3O12Si/c1-41(67)70-39-51-55(57(73-36-42-19-9-5-10-20-42)58(60(69)75-51)77-59(68)46-22-11-6-12-23-46)78-61-53(65-66-64)56(72-37-43-30-33-48(63)34-31-43)54(71-38-44-29-32-45-21-17-18-24-47(45)35-44)52(76-61)40-74-79(62(2,3)4,49-25-13-7-14-26-49)50-27-15-8-16-28-50/h5-35,51-58,60-61,69H,36-40H2,1-4H3/t51-,52+,53+,54+,55+,56+,57-,58+,60?,61+/m0/s1. The van der Waals surface area contributed by atoms with E-state index >= 15 is 0 Å². The van der Waals surface area contributed by atoms with Gasteiger partial charge in [0.1, 0.15) is 49.3 Å². The van der Waals surface area contributed by atoms with Gasteiger partial charge in [-0.25, -0.2) is 4.79 Å². The van der Waals surface area contributed by atoms with Gasteiger partial charge in [0.05, 0.1) is 32.0 Å². The van der Waals surface area contributed by atoms with Crippen LogP contribution in [0.5, 0.6) is 0 Å². The second kappa shape index (κ2) is 26.6. The zero-order chi connectivity index (χ0) is 55.4. The van der Waals surface area contributed by atoms with Crippen molar-refractivity contribution in [1.82, 2.24) is 0 Å². The number of aliphatic hydroxyl groups excluding tert-OH is 1. The first kappa shape index (κ1) is 57.1. The van der Waals surface area contributed by atoms with E-state index in [1.165, 1.54) is 6.92 Å². The quantitative estimate of drug-likeness (QED) is 0.0236. The van der Waals surface area contributed by atoms with Crippen molar-refractivity contribution in [2.75, 3.05) is 13.2 Å². The average Bonchev–Trinajstić information content (AvgIpc) is 3.48. The molecule has 0 spiro atoms. The summed E-state index contributed by atoms with van der Waals surface area (Å²) in [5.74, 6) is -1.40. The first-order chi connectivity index (χ1) is 38.3. The first-order valence-corrected chi connectivity index (χ1v) is 29.0. The largest absolute Gasteiger partial charge is 0.463 e. The molecule has 2 aliphatic heterocycles. The van der Waals surface area contributed by atoms with Gasteiger partial charge < -0.3 is 47.4 Å². The van der Waals surface area contributed by atoms with Gasteiger partial charge in [0.15, 0.2) is 18.7 Å². The number of aliphatic hydroxyl groups is 1. The summed E-state index contributed by atoms with van der Waals surface area (Å²) in [5, 5.41) is 19.9. The summed E-state index contributed by atoms with van der Waals surface area (Å²) >= 11 is 3.55. The number of nitrogens with zero attached hydrogens (tertiary/aromatic N) is 3. The average molecular weight is 1150 g/mol. The summed E-state index contributed by atoms with van der Waals surface area (Å²) in [6.07, 6.45) is -11.9. The Hall–Kier alpha value is -6.57. The van der Waals surface area contributed by atoms with Gasteiger partial charge in [-0.3, -0.25) is 4.79 Å². The summed E-state index contributed by atoms with van der Waals surface area (Å²) in [6, 6.07) is 58.5. The normalized spacial score (nSPS) is 23.3. The number of rotatable bonds is 21. The van der Waals surface area contributed by atoms with E-state index in [0.717, 1.165) is 42.3 Å². The SMILES string of the molecule is CC(=O)OC[C@@H]1OC(O)[C@H](OC(=O)c2ccccc2)[C@@H](OCc2ccccc2)[C@@H]1O[C@H]1O[C@H](CO[Si](c2ccccc2)(c2ccccc2)C(C)(C)C)[C@@H](OCc2ccc3ccccc3c2)[C@H](OCc2ccc(Br)cc2)[C@H]1N=[N+]=[N-]. The molecular formula is C62H64BrN3O12Si. The Morgan fingerprint density at radius 1 is 0.620 bits per heavy atom. The van der Waals surface area contributed by atoms with E-state index in [-0.39, 0.29) is 32.0 Å². The lowest BCUT2D eigenvalue weighted by atomic mass is 9.95. The topological polar surface area (TPSA) is 186 Å². The minimum absolute atomic E-state index is 0.0401. The van der Waals surface area contributed by atoms with Gasteiger partial charge >= 0.3 is 11.9 Å². The Bertz CT molecular complexity index is 3100. The van der Waals surface area contributed by atoms with E-state index in [1.54, 1.807) is 30.3 Å². The maximum Gasteiger partial charge on any atom is 0.338 e. The third-order valence-electron chi connectivity index (χ3n) is 14.2. The zero-order valence-corrected chi connectivity index (χ0v) is 47.0. The Balaban J connectivity index is 1.17. The van der Waals surface area contributed by atoms with Crippen LogP contribution >= 0.6 is 15.9 Å². The Morgan fingerprint density at radius 2 is 1.15 bits per heavy atom. The molecule has 79 heavy (non-hydrogen) atoms. The molecule has 0 aliphatic carbocycles. The van der Waals surface area contributed by atoms with Crippen molar-refractivity contribution < 1.29 is 57.0 Å². The highest BCUT2D eigenvalue weighted by Crippen LogP contribution is 2.40. The van der Waals surface area contributed by atoms with E-state index in [0.29, 0.717) is 0 Å². The van der Waals surface area contributed by atoms with Gasteiger partial charge in [0, 0.05) is 16.3 Å². The number of hydrogen-bond acceptors (Lipinski definition) is 13. The molecule has 1 N–H and O–H groups in total. The molecule has 0 radical (unpaired) electrons. The Morgan fingerprint density at radius 3 is 1.77 bits per heavy atom. The number of esters is 2. The second-order valence-corrected chi connectivity index (χ2v) is 25.8. The highest BCUT2D eigenvalue weighted by Gasteiger charge is 2.56. The Kier molecular flexibility index (Phi) is 19.2. The highest BCUT2D eigenvalue weighted by molar-refractivity contribution is 9.10. The van der Waals surface area contributed by atoms with Crippen LogP contribution in [0.25, 0.3) is 21.2 Å². The maximum atomic E-state index is 13.9. The molecule has 9 rings (SSSR count). The number of benzene rings is 7. The third kappa shape index (κ3) is 13.9. The van der Waals surface area contributed by atoms with Crippen molar-refractivity contribution in [1.29, 1.82) is 0 Å². The summed E-state index contributed by atoms with van der Waals surface area (Å²) in [6.45, 7) is 7.40. The molecule has 2 heterocycles. The lowest BCUT2D eigenvalue weighted by molar-refractivity contribution is -0.348. The number of carbonyl (C=O) groups excluding carboxylic acids is 2. The van der Waals surface area contributed by atoms with Crippen LogP contribution in [0.2, 0.25) is 5.04 Å². The predicted molar refractivity (Wildman–Crippen MR) is 303 cm³/mol. The fourth-order valence-electron chi connectivity index (χ4n) is 10.4. The minimum Gasteiger partial charge on any atom is -0.463 e. The molecular weight excluding hydrogens is 1090 g/mol. The van der Waals surface area contributed by atoms with Crippen molar-refractivity contribution >= 4 is 57.3 Å². The molecule has 2 fully saturated rings. The number of halogens is 1. The molecule has 2 saturated heterocycles. The van der Waals surface area contributed by atoms with Crippen LogP contribution in [0.1, 0.15) is 54.7 Å². The van der Waals surface area contributed by atoms with Gasteiger partial charge in [-0.05, 0) is 78.7 Å². The van der Waals surface area contributed by atoms with E-state index in [1.807, 2.05) is 127 Å². The number of carbonyl (C=O) groups is 2. The zero-order valence-electron chi connectivity index (χ0n) is 44.4. The molecule has 0 saturated carbocycles. The summed E-state index contributed by atoms with van der Waals surface area (Å²) in [7, 11) is -3.29. The van der Waals surface area contributed by atoms with Crippen LogP contribution in [0.15, 0.2) is 198 Å². The lowest BCUT2D eigenvalue weighted by Gasteiger charge is -2.50. The number of hydrogen-bond donors (Lipinski definition) is 1. The van der Waals surface area contributed by atoms with Crippen molar-refractivity contribution in [3.05, 3.63) is 225 Å². The molecule has 7 aromatic rings. The van der Waals surface area contributed by atoms with Gasteiger partial charge in [-0.1, -0.05) is 200 Å². The van der Waals surface area contributed by atoms with Gasteiger partial charge in [0.2, 0.25) is 0 Å². The summed E-state index contributed by atoms with van der Waals surface area (Å²) < 4.78 is 61.5. The van der Waals surface area contributed by atoms with Crippen molar-refractivity contribution in [3.8, 4) is 0 Å². The smallest absolute Gasteiger partial charge is 0.338 e. The van der Waals surface area contributed by atoms with Crippen LogP contribution in [-0.2, 0) is 66.9 Å². The molecule has 2 aliphatic rings. The number of fused-ring (bicyclic) bond motifs is 1. The first-order valence-electron chi connectivity index (χ1n) is 26.2. The van der Waals surface area contributed by atoms with Crippen molar-refractivity contribution in [2.45, 2.75) is 114 Å². The van der Waals surface area contributed by atoms with Gasteiger partial charge in [-0.15, -0.1) is 0 Å². The lowest BCUT2D eigenvalue weighted by Crippen LogP contribution is -2.69. The second-order valence-electron chi connectivity index (χ2n) is 20.5. The fourth-order valence-corrected chi connectivity index (χ4v) is 15.2. The molecule has 7 aromatic carbocycles. The molecule has 1 unspecified atom stereocenters. The van der Waals surface area contributed by atoms with Crippen LogP contribution in [0.3, 0.4) is 0 Å².